The summed E-state index contributed by atoms with van der Waals surface area (Å²) < 4.78 is 3.46. The van der Waals surface area contributed by atoms with Crippen LogP contribution >= 0.6 is 11.6 Å². The minimum Gasteiger partial charge on any atom is -0.350 e. The van der Waals surface area contributed by atoms with E-state index in [9.17, 15) is 4.79 Å². The second kappa shape index (κ2) is 8.55. The third-order valence-electron chi connectivity index (χ3n) is 4.92. The Labute approximate surface area is 180 Å². The van der Waals surface area contributed by atoms with Crippen LogP contribution in [0.15, 0.2) is 66.9 Å². The van der Waals surface area contributed by atoms with Crippen LogP contribution in [0.25, 0.3) is 16.9 Å². The van der Waals surface area contributed by atoms with Crippen LogP contribution in [-0.2, 0) is 17.9 Å². The molecule has 30 heavy (non-hydrogen) atoms. The zero-order valence-electron chi connectivity index (χ0n) is 16.8. The number of hydrogen-bond acceptors (Lipinski definition) is 3. The van der Waals surface area contributed by atoms with Crippen LogP contribution in [0.4, 0.5) is 0 Å². The van der Waals surface area contributed by atoms with Crippen LogP contribution in [0, 0.1) is 13.8 Å². The first-order chi connectivity index (χ1) is 14.5. The van der Waals surface area contributed by atoms with Crippen molar-refractivity contribution in [2.24, 2.45) is 0 Å². The molecule has 1 amide bonds. The molecule has 4 aromatic rings. The van der Waals surface area contributed by atoms with Crippen molar-refractivity contribution < 1.29 is 4.79 Å². The van der Waals surface area contributed by atoms with E-state index in [0.717, 1.165) is 33.9 Å². The summed E-state index contributed by atoms with van der Waals surface area (Å²) in [7, 11) is 0. The highest BCUT2D eigenvalue weighted by Gasteiger charge is 2.15. The minimum absolute atomic E-state index is 0.118. The number of aromatic nitrogens is 4. The van der Waals surface area contributed by atoms with Crippen LogP contribution in [0.1, 0.15) is 17.0 Å². The average Bonchev–Trinajstić information content (AvgIpc) is 3.31. The van der Waals surface area contributed by atoms with Gasteiger partial charge in [-0.1, -0.05) is 60.1 Å². The van der Waals surface area contributed by atoms with E-state index in [2.05, 4.69) is 10.4 Å². The number of carbonyl (C=O) groups is 1. The van der Waals surface area contributed by atoms with Gasteiger partial charge in [0.25, 0.3) is 0 Å². The lowest BCUT2D eigenvalue weighted by Crippen LogP contribution is -2.28. The van der Waals surface area contributed by atoms with E-state index in [0.29, 0.717) is 11.6 Å². The molecule has 2 aromatic heterocycles. The summed E-state index contributed by atoms with van der Waals surface area (Å²) >= 11 is 6.18. The van der Waals surface area contributed by atoms with E-state index in [1.165, 1.54) is 0 Å². The molecule has 0 spiro atoms. The van der Waals surface area contributed by atoms with Crippen molar-refractivity contribution in [1.82, 2.24) is 24.9 Å². The lowest BCUT2D eigenvalue weighted by molar-refractivity contribution is -0.122. The van der Waals surface area contributed by atoms with Gasteiger partial charge >= 0.3 is 0 Å². The number of rotatable bonds is 6. The zero-order valence-corrected chi connectivity index (χ0v) is 17.6. The predicted molar refractivity (Wildman–Crippen MR) is 118 cm³/mol. The van der Waals surface area contributed by atoms with Gasteiger partial charge in [-0.3, -0.25) is 9.48 Å². The lowest BCUT2D eigenvalue weighted by atomic mass is 10.1. The smallest absolute Gasteiger partial charge is 0.242 e. The quantitative estimate of drug-likeness (QED) is 0.506. The zero-order chi connectivity index (χ0) is 21.1. The number of halogens is 1. The van der Waals surface area contributed by atoms with Gasteiger partial charge in [0.2, 0.25) is 5.91 Å². The van der Waals surface area contributed by atoms with E-state index in [-0.39, 0.29) is 12.5 Å². The third-order valence-corrected chi connectivity index (χ3v) is 5.47. The van der Waals surface area contributed by atoms with Gasteiger partial charge in [-0.15, -0.1) is 0 Å². The monoisotopic (exact) mass is 419 g/mol. The number of nitrogens with one attached hydrogen (secondary N) is 1. The molecule has 7 heteroatoms. The first kappa shape index (κ1) is 19.9. The number of carbonyl (C=O) groups excluding carboxylic acids is 1. The SMILES string of the molecule is Cc1nn(CC(=O)NCc2cn(-c3ccccc3)nc2-c2ccccc2)c(C)c1Cl. The maximum atomic E-state index is 12.5. The highest BCUT2D eigenvalue weighted by Crippen LogP contribution is 2.24. The fourth-order valence-electron chi connectivity index (χ4n) is 3.31. The summed E-state index contributed by atoms with van der Waals surface area (Å²) in [5.74, 6) is -0.135. The Morgan fingerprint density at radius 3 is 2.30 bits per heavy atom. The van der Waals surface area contributed by atoms with Gasteiger partial charge in [0.1, 0.15) is 6.54 Å². The van der Waals surface area contributed by atoms with Crippen molar-refractivity contribution >= 4 is 17.5 Å². The molecule has 152 valence electrons. The molecule has 0 saturated heterocycles. The van der Waals surface area contributed by atoms with Crippen LogP contribution in [-0.4, -0.2) is 25.5 Å². The number of aryl methyl sites for hydroxylation is 1. The highest BCUT2D eigenvalue weighted by atomic mass is 35.5. The Morgan fingerprint density at radius 1 is 1.00 bits per heavy atom. The molecule has 0 radical (unpaired) electrons. The Balaban J connectivity index is 1.56. The molecule has 1 N–H and O–H groups in total. The van der Waals surface area contributed by atoms with Gasteiger partial charge in [-0.25, -0.2) is 4.68 Å². The summed E-state index contributed by atoms with van der Waals surface area (Å²) in [6.45, 7) is 4.16. The fourth-order valence-corrected chi connectivity index (χ4v) is 3.44. The number of amides is 1. The van der Waals surface area contributed by atoms with E-state index in [4.69, 9.17) is 16.7 Å². The lowest BCUT2D eigenvalue weighted by Gasteiger charge is -2.07. The minimum atomic E-state index is -0.135. The van der Waals surface area contributed by atoms with Crippen molar-refractivity contribution in [3.05, 3.63) is 88.8 Å². The standard InChI is InChI=1S/C23H22ClN5O/c1-16-22(24)17(2)28(26-16)15-21(30)25-13-19-14-29(20-11-7-4-8-12-20)27-23(19)18-9-5-3-6-10-18/h3-12,14H,13,15H2,1-2H3,(H,25,30). The molecule has 0 fully saturated rings. The molecule has 0 aliphatic carbocycles. The van der Waals surface area contributed by atoms with Gasteiger partial charge in [-0.2, -0.15) is 10.2 Å². The maximum absolute atomic E-state index is 12.5. The van der Waals surface area contributed by atoms with Crippen molar-refractivity contribution in [1.29, 1.82) is 0 Å². The molecule has 6 nitrogen and oxygen atoms in total. The van der Waals surface area contributed by atoms with Gasteiger partial charge < -0.3 is 5.32 Å². The van der Waals surface area contributed by atoms with E-state index < -0.39 is 0 Å². The number of benzene rings is 2. The molecule has 0 saturated carbocycles. The molecule has 0 bridgehead atoms. The summed E-state index contributed by atoms with van der Waals surface area (Å²) in [6, 6.07) is 19.9. The Hall–Kier alpha value is -3.38. The van der Waals surface area contributed by atoms with E-state index in [1.807, 2.05) is 85.4 Å². The molecule has 0 unspecified atom stereocenters. The van der Waals surface area contributed by atoms with Gasteiger partial charge in [0, 0.05) is 23.9 Å². The third kappa shape index (κ3) is 4.14. The molecule has 0 aliphatic rings. The molecule has 0 aliphatic heterocycles. The second-order valence-corrected chi connectivity index (χ2v) is 7.45. The van der Waals surface area contributed by atoms with Crippen molar-refractivity contribution in [2.75, 3.05) is 0 Å². The van der Waals surface area contributed by atoms with Crippen molar-refractivity contribution in [3.63, 3.8) is 0 Å². The number of para-hydroxylation sites is 1. The van der Waals surface area contributed by atoms with E-state index in [1.54, 1.807) is 4.68 Å². The molecule has 4 rings (SSSR count). The number of hydrogen-bond donors (Lipinski definition) is 1. The van der Waals surface area contributed by atoms with Gasteiger partial charge in [-0.05, 0) is 26.0 Å². The molecule has 2 aromatic carbocycles. The Morgan fingerprint density at radius 2 is 1.67 bits per heavy atom. The summed E-state index contributed by atoms with van der Waals surface area (Å²) in [4.78, 5) is 12.5. The fraction of sp³-hybridized carbons (Fsp3) is 0.174. The summed E-state index contributed by atoms with van der Waals surface area (Å²) in [6.07, 6.45) is 1.96. The topological polar surface area (TPSA) is 64.7 Å². The van der Waals surface area contributed by atoms with Crippen molar-refractivity contribution in [3.8, 4) is 16.9 Å². The van der Waals surface area contributed by atoms with Crippen molar-refractivity contribution in [2.45, 2.75) is 26.9 Å². The normalized spacial score (nSPS) is 10.9. The van der Waals surface area contributed by atoms with Crippen LogP contribution in [0.5, 0.6) is 0 Å². The molecular weight excluding hydrogens is 398 g/mol. The Kier molecular flexibility index (Phi) is 5.68. The van der Waals surface area contributed by atoms with E-state index >= 15 is 0 Å². The summed E-state index contributed by atoms with van der Waals surface area (Å²) in [5, 5.41) is 12.7. The van der Waals surface area contributed by atoms with Crippen LogP contribution in [0.2, 0.25) is 5.02 Å². The Bertz CT molecular complexity index is 1170. The number of nitrogens with zero attached hydrogens (tertiary/aromatic N) is 4. The average molecular weight is 420 g/mol. The second-order valence-electron chi connectivity index (χ2n) is 7.07. The molecule has 0 atom stereocenters. The molecule has 2 heterocycles. The summed E-state index contributed by atoms with van der Waals surface area (Å²) in [5.41, 5.74) is 5.24. The van der Waals surface area contributed by atoms with Crippen LogP contribution < -0.4 is 5.32 Å². The first-order valence-electron chi connectivity index (χ1n) is 9.68. The highest BCUT2D eigenvalue weighted by molar-refractivity contribution is 6.31. The van der Waals surface area contributed by atoms with Gasteiger partial charge in [0.05, 0.1) is 27.8 Å². The van der Waals surface area contributed by atoms with Gasteiger partial charge in [0.15, 0.2) is 0 Å². The first-order valence-corrected chi connectivity index (χ1v) is 10.1. The molecular formula is C23H22ClN5O. The maximum Gasteiger partial charge on any atom is 0.242 e. The largest absolute Gasteiger partial charge is 0.350 e. The van der Waals surface area contributed by atoms with Crippen LogP contribution in [0.3, 0.4) is 0 Å². The predicted octanol–water partition coefficient (Wildman–Crippen LogP) is 4.32.